The van der Waals surface area contributed by atoms with E-state index in [0.29, 0.717) is 0 Å². The molecule has 2 rings (SSSR count). The van der Waals surface area contributed by atoms with Crippen LogP contribution in [0.25, 0.3) is 0 Å². The van der Waals surface area contributed by atoms with Crippen molar-refractivity contribution in [3.63, 3.8) is 0 Å². The van der Waals surface area contributed by atoms with E-state index in [1.807, 2.05) is 30.3 Å². The van der Waals surface area contributed by atoms with E-state index in [1.54, 1.807) is 0 Å². The second kappa shape index (κ2) is 5.84. The fourth-order valence-corrected chi connectivity index (χ4v) is 1.98. The van der Waals surface area contributed by atoms with Gasteiger partial charge in [-0.1, -0.05) is 41.0 Å². The average molecular weight is 251 g/mol. The number of halogens is 1. The summed E-state index contributed by atoms with van der Waals surface area (Å²) in [6, 6.07) is 7.69. The minimum Gasteiger partial charge on any atom is -0.390 e. The van der Waals surface area contributed by atoms with Crippen molar-refractivity contribution in [1.82, 2.24) is 5.32 Å². The molecule has 4 heteroatoms. The number of nitrogens with zero attached hydrogens (tertiary/aromatic N) is 1. The van der Waals surface area contributed by atoms with Crippen molar-refractivity contribution in [3.05, 3.63) is 47.5 Å². The molecule has 0 aromatic heterocycles. The third-order valence-corrected chi connectivity index (χ3v) is 2.91. The smallest absolute Gasteiger partial charge is 0.145 e. The van der Waals surface area contributed by atoms with Crippen LogP contribution in [-0.2, 0) is 4.84 Å². The zero-order chi connectivity index (χ0) is 12.1. The molecule has 1 N–H and O–H groups in total. The van der Waals surface area contributed by atoms with Crippen LogP contribution in [0.1, 0.15) is 12.0 Å². The standard InChI is InChI=1S/C13H15ClN2O/c1-2-7-15-9-10-8-13(16-17-10)11-5-3-4-6-12(11)14/h2-6,10,15H,1,7-9H2/t10-/m0/s1. The number of hydrogen-bond acceptors (Lipinski definition) is 3. The van der Waals surface area contributed by atoms with Gasteiger partial charge in [-0.05, 0) is 6.07 Å². The zero-order valence-corrected chi connectivity index (χ0v) is 10.3. The topological polar surface area (TPSA) is 33.6 Å². The molecule has 0 bridgehead atoms. The van der Waals surface area contributed by atoms with Gasteiger partial charge in [0.25, 0.3) is 0 Å². The van der Waals surface area contributed by atoms with E-state index in [9.17, 15) is 0 Å². The van der Waals surface area contributed by atoms with Gasteiger partial charge < -0.3 is 10.2 Å². The van der Waals surface area contributed by atoms with Crippen LogP contribution in [-0.4, -0.2) is 24.9 Å². The first-order chi connectivity index (χ1) is 8.31. The van der Waals surface area contributed by atoms with Gasteiger partial charge in [0, 0.05) is 30.1 Å². The Kier molecular flexibility index (Phi) is 4.18. The summed E-state index contributed by atoms with van der Waals surface area (Å²) in [5.41, 5.74) is 1.88. The fraction of sp³-hybridized carbons (Fsp3) is 0.308. The molecule has 90 valence electrons. The van der Waals surface area contributed by atoms with Crippen LogP contribution in [0.5, 0.6) is 0 Å². The highest BCUT2D eigenvalue weighted by Gasteiger charge is 2.22. The summed E-state index contributed by atoms with van der Waals surface area (Å²) in [6.45, 7) is 5.20. The molecule has 0 radical (unpaired) electrons. The van der Waals surface area contributed by atoms with Crippen molar-refractivity contribution in [2.45, 2.75) is 12.5 Å². The number of rotatable bonds is 5. The van der Waals surface area contributed by atoms with Gasteiger partial charge in [-0.3, -0.25) is 0 Å². The molecular weight excluding hydrogens is 236 g/mol. The van der Waals surface area contributed by atoms with E-state index in [-0.39, 0.29) is 6.10 Å². The Labute approximate surface area is 106 Å². The highest BCUT2D eigenvalue weighted by atomic mass is 35.5. The molecule has 17 heavy (non-hydrogen) atoms. The zero-order valence-electron chi connectivity index (χ0n) is 9.53. The molecule has 1 aromatic carbocycles. The molecule has 0 aliphatic carbocycles. The number of benzene rings is 1. The molecule has 1 aliphatic heterocycles. The van der Waals surface area contributed by atoms with E-state index in [0.717, 1.165) is 35.8 Å². The molecule has 0 unspecified atom stereocenters. The minimum atomic E-state index is 0.0845. The van der Waals surface area contributed by atoms with Gasteiger partial charge in [-0.15, -0.1) is 6.58 Å². The summed E-state index contributed by atoms with van der Waals surface area (Å²) in [7, 11) is 0. The van der Waals surface area contributed by atoms with Gasteiger partial charge in [0.1, 0.15) is 6.10 Å². The molecule has 1 aliphatic rings. The van der Waals surface area contributed by atoms with Gasteiger partial charge in [-0.2, -0.15) is 0 Å². The van der Waals surface area contributed by atoms with Crippen molar-refractivity contribution in [2.24, 2.45) is 5.16 Å². The van der Waals surface area contributed by atoms with Gasteiger partial charge in [0.15, 0.2) is 0 Å². The summed E-state index contributed by atoms with van der Waals surface area (Å²) in [5.74, 6) is 0. The summed E-state index contributed by atoms with van der Waals surface area (Å²) in [6.07, 6.45) is 2.69. The SMILES string of the molecule is C=CCNC[C@@H]1CC(c2ccccc2Cl)=NO1. The fourth-order valence-electron chi connectivity index (χ4n) is 1.74. The lowest BCUT2D eigenvalue weighted by molar-refractivity contribution is 0.0859. The van der Waals surface area contributed by atoms with Gasteiger partial charge >= 0.3 is 0 Å². The first kappa shape index (κ1) is 12.1. The monoisotopic (exact) mass is 250 g/mol. The molecule has 1 heterocycles. The molecule has 0 amide bonds. The predicted octanol–water partition coefficient (Wildman–Crippen LogP) is 2.61. The molecule has 0 saturated heterocycles. The van der Waals surface area contributed by atoms with E-state index >= 15 is 0 Å². The number of hydrogen-bond donors (Lipinski definition) is 1. The minimum absolute atomic E-state index is 0.0845. The second-order valence-electron chi connectivity index (χ2n) is 3.90. The normalized spacial score (nSPS) is 18.6. The summed E-state index contributed by atoms with van der Waals surface area (Å²) in [5, 5.41) is 8.02. The van der Waals surface area contributed by atoms with Crippen LogP contribution < -0.4 is 5.32 Å². The Balaban J connectivity index is 1.93. The van der Waals surface area contributed by atoms with Crippen molar-refractivity contribution in [3.8, 4) is 0 Å². The third-order valence-electron chi connectivity index (χ3n) is 2.58. The first-order valence-corrected chi connectivity index (χ1v) is 5.98. The van der Waals surface area contributed by atoms with Gasteiger partial charge in [0.2, 0.25) is 0 Å². The lowest BCUT2D eigenvalue weighted by atomic mass is 10.1. The maximum atomic E-state index is 6.11. The Morgan fingerprint density at radius 2 is 2.35 bits per heavy atom. The average Bonchev–Trinajstić information content (AvgIpc) is 2.79. The van der Waals surface area contributed by atoms with Crippen molar-refractivity contribution >= 4 is 17.3 Å². The Hall–Kier alpha value is -1.32. The number of oxime groups is 1. The molecule has 3 nitrogen and oxygen atoms in total. The summed E-state index contributed by atoms with van der Waals surface area (Å²) < 4.78 is 0. The van der Waals surface area contributed by atoms with Crippen LogP contribution in [0.3, 0.4) is 0 Å². The van der Waals surface area contributed by atoms with Crippen molar-refractivity contribution < 1.29 is 4.84 Å². The molecule has 1 aromatic rings. The lowest BCUT2D eigenvalue weighted by Crippen LogP contribution is -2.27. The molecule has 0 saturated carbocycles. The molecule has 0 spiro atoms. The van der Waals surface area contributed by atoms with Crippen LogP contribution in [0.15, 0.2) is 42.1 Å². The first-order valence-electron chi connectivity index (χ1n) is 5.60. The molecule has 0 fully saturated rings. The quantitative estimate of drug-likeness (QED) is 0.644. The Bertz CT molecular complexity index is 431. The van der Waals surface area contributed by atoms with Gasteiger partial charge in [-0.25, -0.2) is 0 Å². The second-order valence-corrected chi connectivity index (χ2v) is 4.30. The highest BCUT2D eigenvalue weighted by Crippen LogP contribution is 2.22. The van der Waals surface area contributed by atoms with E-state index < -0.39 is 0 Å². The van der Waals surface area contributed by atoms with Crippen LogP contribution in [0, 0.1) is 0 Å². The van der Waals surface area contributed by atoms with E-state index in [2.05, 4.69) is 17.1 Å². The van der Waals surface area contributed by atoms with Gasteiger partial charge in [0.05, 0.1) is 5.71 Å². The lowest BCUT2D eigenvalue weighted by Gasteiger charge is -2.07. The van der Waals surface area contributed by atoms with Crippen LogP contribution in [0.2, 0.25) is 5.02 Å². The maximum Gasteiger partial charge on any atom is 0.145 e. The van der Waals surface area contributed by atoms with E-state index in [4.69, 9.17) is 16.4 Å². The summed E-state index contributed by atoms with van der Waals surface area (Å²) >= 11 is 6.11. The summed E-state index contributed by atoms with van der Waals surface area (Å²) in [4.78, 5) is 5.35. The van der Waals surface area contributed by atoms with Crippen molar-refractivity contribution in [2.75, 3.05) is 13.1 Å². The Morgan fingerprint density at radius 1 is 1.53 bits per heavy atom. The third kappa shape index (κ3) is 3.08. The maximum absolute atomic E-state index is 6.11. The van der Waals surface area contributed by atoms with E-state index in [1.165, 1.54) is 0 Å². The van der Waals surface area contributed by atoms with Crippen molar-refractivity contribution in [1.29, 1.82) is 0 Å². The van der Waals surface area contributed by atoms with Crippen LogP contribution in [0.4, 0.5) is 0 Å². The number of nitrogens with one attached hydrogen (secondary N) is 1. The largest absolute Gasteiger partial charge is 0.390 e. The highest BCUT2D eigenvalue weighted by molar-refractivity contribution is 6.34. The molecule has 1 atom stereocenters. The molecular formula is C13H15ClN2O. The Morgan fingerprint density at radius 3 is 3.12 bits per heavy atom. The predicted molar refractivity (Wildman–Crippen MR) is 70.5 cm³/mol. The van der Waals surface area contributed by atoms with Crippen LogP contribution >= 0.6 is 11.6 Å².